The summed E-state index contributed by atoms with van der Waals surface area (Å²) in [4.78, 5) is 43.9. The molecule has 0 aromatic heterocycles. The van der Waals surface area contributed by atoms with Gasteiger partial charge < -0.3 is 14.2 Å². The number of aldehydes is 1. The first-order valence-electron chi connectivity index (χ1n) is 5.53. The van der Waals surface area contributed by atoms with Gasteiger partial charge in [-0.25, -0.2) is 0 Å². The highest BCUT2D eigenvalue weighted by atomic mass is 16.6. The molecule has 0 fully saturated rings. The van der Waals surface area contributed by atoms with Crippen LogP contribution in [0.2, 0.25) is 0 Å². The van der Waals surface area contributed by atoms with Gasteiger partial charge in [0.05, 0.1) is 0 Å². The third-order valence-corrected chi connectivity index (χ3v) is 2.34. The van der Waals surface area contributed by atoms with E-state index in [1.165, 1.54) is 13.0 Å². The Morgan fingerprint density at radius 1 is 1.00 bits per heavy atom. The zero-order valence-corrected chi connectivity index (χ0v) is 10.7. The number of carbonyl (C=O) groups is 4. The van der Waals surface area contributed by atoms with E-state index in [1.54, 1.807) is 0 Å². The molecule has 7 heteroatoms. The summed E-state index contributed by atoms with van der Waals surface area (Å²) in [7, 11) is 0. The highest BCUT2D eigenvalue weighted by molar-refractivity contribution is 5.79. The van der Waals surface area contributed by atoms with E-state index in [2.05, 4.69) is 0 Å². The van der Waals surface area contributed by atoms with Gasteiger partial charge in [0, 0.05) is 26.3 Å². The van der Waals surface area contributed by atoms with Crippen molar-refractivity contribution in [2.45, 2.75) is 39.1 Å². The summed E-state index contributed by atoms with van der Waals surface area (Å²) in [5.74, 6) is -1.88. The van der Waals surface area contributed by atoms with Crippen LogP contribution in [-0.2, 0) is 33.4 Å². The Hall–Kier alpha value is -2.18. The van der Waals surface area contributed by atoms with Crippen LogP contribution in [-0.4, -0.2) is 42.5 Å². The minimum Gasteiger partial charge on any atom is -0.454 e. The molecule has 104 valence electrons. The summed E-state index contributed by atoms with van der Waals surface area (Å²) in [6.45, 7) is 3.50. The summed E-state index contributed by atoms with van der Waals surface area (Å²) in [6.07, 6.45) is -1.30. The quantitative estimate of drug-likeness (QED) is 0.400. The van der Waals surface area contributed by atoms with Crippen molar-refractivity contribution in [3.63, 3.8) is 0 Å². The van der Waals surface area contributed by atoms with Crippen molar-refractivity contribution < 1.29 is 33.4 Å². The van der Waals surface area contributed by atoms with Gasteiger partial charge in [-0.3, -0.25) is 19.2 Å². The molecule has 0 bridgehead atoms. The van der Waals surface area contributed by atoms with E-state index in [0.717, 1.165) is 13.8 Å². The van der Waals surface area contributed by atoms with Gasteiger partial charge in [-0.1, -0.05) is 0 Å². The van der Waals surface area contributed by atoms with E-state index in [9.17, 15) is 19.2 Å². The fourth-order valence-corrected chi connectivity index (χ4v) is 1.77. The first-order chi connectivity index (χ1) is 8.85. The third kappa shape index (κ3) is 3.90. The van der Waals surface area contributed by atoms with Crippen LogP contribution in [0.5, 0.6) is 0 Å². The summed E-state index contributed by atoms with van der Waals surface area (Å²) in [6, 6.07) is 0. The van der Waals surface area contributed by atoms with Gasteiger partial charge in [-0.15, -0.1) is 0 Å². The molecule has 3 atom stereocenters. The minimum absolute atomic E-state index is 0.0905. The molecule has 19 heavy (non-hydrogen) atoms. The topological polar surface area (TPSA) is 96.0 Å². The van der Waals surface area contributed by atoms with E-state index in [4.69, 9.17) is 14.2 Å². The van der Waals surface area contributed by atoms with Crippen LogP contribution in [0.1, 0.15) is 20.8 Å². The highest BCUT2D eigenvalue weighted by Crippen LogP contribution is 2.27. The van der Waals surface area contributed by atoms with Gasteiger partial charge >= 0.3 is 17.9 Å². The summed E-state index contributed by atoms with van der Waals surface area (Å²) in [5, 5.41) is 0. The predicted octanol–water partition coefficient (Wildman–Crippen LogP) is -0.0796. The molecule has 0 aromatic rings. The molecule has 0 radical (unpaired) electrons. The molecule has 1 rings (SSSR count). The van der Waals surface area contributed by atoms with Crippen LogP contribution in [0.3, 0.4) is 0 Å². The van der Waals surface area contributed by atoms with Gasteiger partial charge in [0.1, 0.15) is 6.29 Å². The van der Waals surface area contributed by atoms with Crippen LogP contribution in [0, 0.1) is 0 Å². The van der Waals surface area contributed by atoms with Crippen molar-refractivity contribution in [1.82, 2.24) is 0 Å². The van der Waals surface area contributed by atoms with E-state index in [1.807, 2.05) is 0 Å². The lowest BCUT2D eigenvalue weighted by atomic mass is 10.1. The second-order valence-corrected chi connectivity index (χ2v) is 3.96. The van der Waals surface area contributed by atoms with Crippen LogP contribution in [0.15, 0.2) is 11.6 Å². The largest absolute Gasteiger partial charge is 0.454 e. The molecular weight excluding hydrogens is 256 g/mol. The second-order valence-electron chi connectivity index (χ2n) is 3.96. The Balaban J connectivity index is 2.99. The third-order valence-electron chi connectivity index (χ3n) is 2.34. The molecule has 0 aliphatic heterocycles. The molecule has 0 amide bonds. The van der Waals surface area contributed by atoms with E-state index in [0.29, 0.717) is 6.29 Å². The molecule has 1 aliphatic rings. The van der Waals surface area contributed by atoms with Crippen molar-refractivity contribution in [3.05, 3.63) is 11.6 Å². The summed E-state index contributed by atoms with van der Waals surface area (Å²) < 4.78 is 14.8. The Bertz CT molecular complexity index is 437. The van der Waals surface area contributed by atoms with Crippen LogP contribution in [0.4, 0.5) is 0 Å². The molecule has 0 unspecified atom stereocenters. The number of esters is 3. The average Bonchev–Trinajstić information content (AvgIpc) is 2.55. The minimum atomic E-state index is -1.07. The number of hydrogen-bond donors (Lipinski definition) is 0. The monoisotopic (exact) mass is 270 g/mol. The molecule has 0 aromatic carbocycles. The molecule has 0 saturated carbocycles. The van der Waals surface area contributed by atoms with E-state index in [-0.39, 0.29) is 5.57 Å². The molecule has 0 saturated heterocycles. The lowest BCUT2D eigenvalue weighted by Crippen LogP contribution is -2.40. The zero-order chi connectivity index (χ0) is 14.6. The first kappa shape index (κ1) is 14.9. The summed E-state index contributed by atoms with van der Waals surface area (Å²) >= 11 is 0. The Morgan fingerprint density at radius 3 is 1.95 bits per heavy atom. The zero-order valence-electron chi connectivity index (χ0n) is 10.7. The van der Waals surface area contributed by atoms with Gasteiger partial charge in [0.15, 0.2) is 18.3 Å². The van der Waals surface area contributed by atoms with Crippen molar-refractivity contribution in [1.29, 1.82) is 0 Å². The fraction of sp³-hybridized carbons (Fsp3) is 0.500. The molecule has 7 nitrogen and oxygen atoms in total. The van der Waals surface area contributed by atoms with E-state index < -0.39 is 36.2 Å². The Kier molecular flexibility index (Phi) is 4.80. The van der Waals surface area contributed by atoms with Crippen LogP contribution in [0.25, 0.3) is 0 Å². The average molecular weight is 270 g/mol. The molecule has 0 heterocycles. The predicted molar refractivity (Wildman–Crippen MR) is 60.8 cm³/mol. The number of carbonyl (C=O) groups excluding carboxylic acids is 4. The summed E-state index contributed by atoms with van der Waals surface area (Å²) in [5.41, 5.74) is 0.0905. The second kappa shape index (κ2) is 6.12. The van der Waals surface area contributed by atoms with Crippen LogP contribution >= 0.6 is 0 Å². The van der Waals surface area contributed by atoms with Crippen LogP contribution < -0.4 is 0 Å². The Labute approximate surface area is 109 Å². The van der Waals surface area contributed by atoms with Crippen molar-refractivity contribution in [2.75, 3.05) is 0 Å². The number of hydrogen-bond acceptors (Lipinski definition) is 7. The highest BCUT2D eigenvalue weighted by Gasteiger charge is 2.43. The van der Waals surface area contributed by atoms with E-state index >= 15 is 0 Å². The maximum Gasteiger partial charge on any atom is 0.303 e. The first-order valence-corrected chi connectivity index (χ1v) is 5.53. The normalized spacial score (nSPS) is 25.2. The maximum atomic E-state index is 11.0. The molecular formula is C12H14O7. The standard InChI is InChI=1S/C12H14O7/c1-6(14)17-10-4-9(5-13)11(18-7(2)15)12(10)19-8(3)16/h4-5,10-12H,1-3H3/t10-,11+,12+/m1/s1. The van der Waals surface area contributed by atoms with Gasteiger partial charge in [-0.05, 0) is 6.08 Å². The van der Waals surface area contributed by atoms with Gasteiger partial charge in [0.25, 0.3) is 0 Å². The number of rotatable bonds is 4. The van der Waals surface area contributed by atoms with Gasteiger partial charge in [0.2, 0.25) is 0 Å². The number of ether oxygens (including phenoxy) is 3. The maximum absolute atomic E-state index is 11.0. The fourth-order valence-electron chi connectivity index (χ4n) is 1.77. The molecule has 1 aliphatic carbocycles. The van der Waals surface area contributed by atoms with Crippen molar-refractivity contribution >= 4 is 24.2 Å². The Morgan fingerprint density at radius 2 is 1.53 bits per heavy atom. The SMILES string of the molecule is CC(=O)O[C@H]1[C@H](OC(C)=O)C=C(C=O)[C@@H]1OC(C)=O. The lowest BCUT2D eigenvalue weighted by Gasteiger charge is -2.24. The lowest BCUT2D eigenvalue weighted by molar-refractivity contribution is -0.172. The van der Waals surface area contributed by atoms with Crippen molar-refractivity contribution in [3.8, 4) is 0 Å². The van der Waals surface area contributed by atoms with Gasteiger partial charge in [-0.2, -0.15) is 0 Å². The molecule has 0 spiro atoms. The van der Waals surface area contributed by atoms with Crippen molar-refractivity contribution in [2.24, 2.45) is 0 Å². The smallest absolute Gasteiger partial charge is 0.303 e. The molecule has 0 N–H and O–H groups in total.